The number of para-hydroxylation sites is 2. The summed E-state index contributed by atoms with van der Waals surface area (Å²) in [5, 5.41) is 12.7. The minimum absolute atomic E-state index is 0.0431. The van der Waals surface area contributed by atoms with E-state index >= 15 is 0 Å². The maximum absolute atomic E-state index is 13.4. The topological polar surface area (TPSA) is 103 Å². The van der Waals surface area contributed by atoms with Gasteiger partial charge < -0.3 is 4.98 Å². The summed E-state index contributed by atoms with van der Waals surface area (Å²) >= 11 is 1.22. The zero-order chi connectivity index (χ0) is 23.1. The van der Waals surface area contributed by atoms with Crippen molar-refractivity contribution in [2.24, 2.45) is 7.05 Å². The second kappa shape index (κ2) is 8.21. The summed E-state index contributed by atoms with van der Waals surface area (Å²) in [6.45, 7) is 3.65. The van der Waals surface area contributed by atoms with E-state index in [1.807, 2.05) is 75.5 Å². The van der Waals surface area contributed by atoms with E-state index in [9.17, 15) is 9.59 Å². The molecule has 5 rings (SSSR count). The molecular formula is C23H21N7O2S. The molecule has 2 aromatic carbocycles. The van der Waals surface area contributed by atoms with Crippen LogP contribution in [-0.4, -0.2) is 45.6 Å². The molecule has 3 heterocycles. The number of aromatic nitrogens is 7. The highest BCUT2D eigenvalue weighted by atomic mass is 32.2. The number of fused-ring (bicyclic) bond motifs is 1. The van der Waals surface area contributed by atoms with Crippen LogP contribution in [0.1, 0.15) is 23.0 Å². The number of benzene rings is 2. The summed E-state index contributed by atoms with van der Waals surface area (Å²) < 4.78 is 4.76. The normalized spacial score (nSPS) is 12.3. The number of tetrazole rings is 1. The van der Waals surface area contributed by atoms with E-state index in [4.69, 9.17) is 0 Å². The zero-order valence-electron chi connectivity index (χ0n) is 18.3. The molecule has 0 bridgehead atoms. The van der Waals surface area contributed by atoms with Gasteiger partial charge in [0.1, 0.15) is 0 Å². The number of thioether (sulfide) groups is 1. The molecule has 10 heteroatoms. The van der Waals surface area contributed by atoms with Crippen molar-refractivity contribution in [2.75, 3.05) is 0 Å². The number of carbonyl (C=O) groups excluding carboxylic acids is 1. The lowest BCUT2D eigenvalue weighted by Crippen LogP contribution is -2.22. The third kappa shape index (κ3) is 3.48. The van der Waals surface area contributed by atoms with E-state index in [2.05, 4.69) is 20.5 Å². The molecule has 0 amide bonds. The Morgan fingerprint density at radius 2 is 1.82 bits per heavy atom. The van der Waals surface area contributed by atoms with Crippen LogP contribution in [0.25, 0.3) is 22.3 Å². The maximum Gasteiger partial charge on any atom is 0.297 e. The van der Waals surface area contributed by atoms with Gasteiger partial charge in [-0.1, -0.05) is 48.2 Å². The summed E-state index contributed by atoms with van der Waals surface area (Å²) in [6, 6.07) is 17.0. The number of aromatic amines is 1. The van der Waals surface area contributed by atoms with Crippen molar-refractivity contribution in [3.63, 3.8) is 0 Å². The van der Waals surface area contributed by atoms with Gasteiger partial charge in [0.25, 0.3) is 5.56 Å². The van der Waals surface area contributed by atoms with Crippen molar-refractivity contribution in [1.29, 1.82) is 0 Å². The second-order valence-electron chi connectivity index (χ2n) is 7.66. The van der Waals surface area contributed by atoms with Crippen molar-refractivity contribution in [3.05, 3.63) is 82.4 Å². The molecular weight excluding hydrogens is 438 g/mol. The molecule has 0 aliphatic rings. The predicted octanol–water partition coefficient (Wildman–Crippen LogP) is 3.30. The number of nitrogens with zero attached hydrogens (tertiary/aromatic N) is 6. The largest absolute Gasteiger partial charge is 0.360 e. The molecule has 0 saturated heterocycles. The predicted molar refractivity (Wildman–Crippen MR) is 126 cm³/mol. The van der Waals surface area contributed by atoms with Crippen molar-refractivity contribution in [2.45, 2.75) is 24.3 Å². The molecule has 1 unspecified atom stereocenters. The lowest BCUT2D eigenvalue weighted by molar-refractivity contribution is 0.0995. The minimum Gasteiger partial charge on any atom is -0.360 e. The van der Waals surface area contributed by atoms with Crippen LogP contribution < -0.4 is 5.56 Å². The third-order valence-corrected chi connectivity index (χ3v) is 6.72. The number of hydrogen-bond acceptors (Lipinski definition) is 6. The molecule has 9 nitrogen and oxygen atoms in total. The molecule has 0 spiro atoms. The summed E-state index contributed by atoms with van der Waals surface area (Å²) in [5.74, 6) is -0.0431. The highest BCUT2D eigenvalue weighted by molar-refractivity contribution is 8.00. The van der Waals surface area contributed by atoms with Crippen molar-refractivity contribution < 1.29 is 4.79 Å². The van der Waals surface area contributed by atoms with Gasteiger partial charge in [0.15, 0.2) is 11.5 Å². The van der Waals surface area contributed by atoms with Crippen LogP contribution in [0.15, 0.2) is 70.7 Å². The Bertz CT molecular complexity index is 1530. The first-order chi connectivity index (χ1) is 16.0. The molecule has 0 aliphatic carbocycles. The molecule has 5 aromatic rings. The van der Waals surface area contributed by atoms with Gasteiger partial charge in [-0.3, -0.25) is 14.3 Å². The van der Waals surface area contributed by atoms with Gasteiger partial charge in [-0.2, -0.15) is 4.68 Å². The number of Topliss-reactive ketones (excluding diaryl/α,β-unsaturated/α-hetero) is 1. The Kier molecular flexibility index (Phi) is 5.21. The number of rotatable bonds is 6. The molecule has 1 N–H and O–H groups in total. The van der Waals surface area contributed by atoms with Crippen LogP contribution in [0.3, 0.4) is 0 Å². The van der Waals surface area contributed by atoms with E-state index in [1.165, 1.54) is 16.4 Å². The first-order valence-electron chi connectivity index (χ1n) is 10.4. The number of nitrogens with one attached hydrogen (secondary N) is 1. The molecule has 33 heavy (non-hydrogen) atoms. The number of ketones is 1. The standard InChI is InChI=1S/C23H21N7O2S/c1-14-20(22(32)30(28(14)3)16-9-5-4-6-10-16)29-23(25-26-27-29)33-15(2)21(31)18-13-24-19-12-8-7-11-17(18)19/h4-13,15,24H,1-3H3. The SMILES string of the molecule is Cc1c(-n2nnnc2SC(C)C(=O)c2c[nH]c3ccccc23)c(=O)n(-c2ccccc2)n1C. The van der Waals surface area contributed by atoms with Crippen LogP contribution in [0.5, 0.6) is 0 Å². The Morgan fingerprint density at radius 3 is 2.61 bits per heavy atom. The molecule has 0 radical (unpaired) electrons. The second-order valence-corrected chi connectivity index (χ2v) is 8.96. The van der Waals surface area contributed by atoms with Crippen LogP contribution >= 0.6 is 11.8 Å². The fourth-order valence-corrected chi connectivity index (χ4v) is 4.76. The lowest BCUT2D eigenvalue weighted by atomic mass is 10.1. The van der Waals surface area contributed by atoms with Crippen molar-refractivity contribution >= 4 is 28.4 Å². The average Bonchev–Trinajstić information content (AvgIpc) is 3.51. The molecule has 0 aliphatic heterocycles. The Labute approximate surface area is 193 Å². The highest BCUT2D eigenvalue weighted by Crippen LogP contribution is 2.28. The smallest absolute Gasteiger partial charge is 0.297 e. The monoisotopic (exact) mass is 459 g/mol. The third-order valence-electron chi connectivity index (χ3n) is 5.68. The Morgan fingerprint density at radius 1 is 1.09 bits per heavy atom. The first kappa shape index (κ1) is 21.0. The van der Waals surface area contributed by atoms with E-state index < -0.39 is 5.25 Å². The number of H-pyrrole nitrogens is 1. The van der Waals surface area contributed by atoms with Gasteiger partial charge >= 0.3 is 0 Å². The maximum atomic E-state index is 13.4. The van der Waals surface area contributed by atoms with Gasteiger partial charge in [-0.05, 0) is 42.5 Å². The quantitative estimate of drug-likeness (QED) is 0.309. The van der Waals surface area contributed by atoms with Crippen LogP contribution in [0, 0.1) is 6.92 Å². The van der Waals surface area contributed by atoms with Crippen molar-refractivity contribution in [3.8, 4) is 11.4 Å². The molecule has 0 saturated carbocycles. The fraction of sp³-hybridized carbons (Fsp3) is 0.174. The number of hydrogen-bond donors (Lipinski definition) is 1. The average molecular weight is 460 g/mol. The minimum atomic E-state index is -0.464. The van der Waals surface area contributed by atoms with Crippen LogP contribution in [0.2, 0.25) is 0 Å². The Balaban J connectivity index is 1.50. The molecule has 3 aromatic heterocycles. The molecule has 1 atom stereocenters. The summed E-state index contributed by atoms with van der Waals surface area (Å²) in [6.07, 6.45) is 1.73. The van der Waals surface area contributed by atoms with Gasteiger partial charge in [-0.25, -0.2) is 4.68 Å². The first-order valence-corrected chi connectivity index (χ1v) is 11.2. The van der Waals surface area contributed by atoms with Gasteiger partial charge in [0.2, 0.25) is 5.16 Å². The van der Waals surface area contributed by atoms with E-state index in [-0.39, 0.29) is 11.3 Å². The lowest BCUT2D eigenvalue weighted by Gasteiger charge is -2.09. The number of carbonyl (C=O) groups is 1. The summed E-state index contributed by atoms with van der Waals surface area (Å²) in [4.78, 5) is 29.7. The summed E-state index contributed by atoms with van der Waals surface area (Å²) in [5.41, 5.74) is 3.07. The van der Waals surface area contributed by atoms with E-state index in [0.29, 0.717) is 22.1 Å². The Hall–Kier alpha value is -3.92. The van der Waals surface area contributed by atoms with Crippen LogP contribution in [-0.2, 0) is 7.05 Å². The zero-order valence-corrected chi connectivity index (χ0v) is 19.1. The molecule has 0 fully saturated rings. The van der Waals surface area contributed by atoms with Crippen molar-refractivity contribution in [1.82, 2.24) is 34.6 Å². The summed E-state index contributed by atoms with van der Waals surface area (Å²) in [7, 11) is 1.81. The highest BCUT2D eigenvalue weighted by Gasteiger charge is 2.26. The van der Waals surface area contributed by atoms with Crippen LogP contribution in [0.4, 0.5) is 0 Å². The van der Waals surface area contributed by atoms with E-state index in [0.717, 1.165) is 16.6 Å². The van der Waals surface area contributed by atoms with Gasteiger partial charge in [-0.15, -0.1) is 5.10 Å². The van der Waals surface area contributed by atoms with E-state index in [1.54, 1.807) is 15.6 Å². The van der Waals surface area contributed by atoms with Gasteiger partial charge in [0, 0.05) is 29.7 Å². The fourth-order valence-electron chi connectivity index (χ4n) is 3.90. The van der Waals surface area contributed by atoms with Gasteiger partial charge in [0.05, 0.1) is 16.6 Å². The molecule has 166 valence electrons.